The molecule has 4 rings (SSSR count). The molecule has 0 fully saturated rings. The van der Waals surface area contributed by atoms with Crippen LogP contribution in [0.15, 0.2) is 76.3 Å². The summed E-state index contributed by atoms with van der Waals surface area (Å²) in [4.78, 5) is 17.2. The topological polar surface area (TPSA) is 107 Å². The maximum atomic E-state index is 12.6. The Balaban J connectivity index is 1.77. The van der Waals surface area contributed by atoms with Crippen molar-refractivity contribution in [3.05, 3.63) is 78.0 Å². The van der Waals surface area contributed by atoms with Gasteiger partial charge in [0.25, 0.3) is 5.69 Å². The van der Waals surface area contributed by atoms with E-state index >= 15 is 0 Å². The third-order valence-corrected chi connectivity index (χ3v) is 5.60. The van der Waals surface area contributed by atoms with Gasteiger partial charge in [-0.05, 0) is 11.6 Å². The van der Waals surface area contributed by atoms with Crippen LogP contribution in [0.5, 0.6) is 5.95 Å². The first-order valence-corrected chi connectivity index (χ1v) is 10.3. The van der Waals surface area contributed by atoms with Gasteiger partial charge in [0, 0.05) is 11.1 Å². The van der Waals surface area contributed by atoms with Crippen molar-refractivity contribution in [2.24, 2.45) is 7.05 Å². The lowest BCUT2D eigenvalue weighted by molar-refractivity contribution is -0.741. The van der Waals surface area contributed by atoms with Gasteiger partial charge < -0.3 is 9.63 Å². The molecular formula is C23H16N4O3S. The molecule has 0 amide bonds. The number of rotatable bonds is 6. The van der Waals surface area contributed by atoms with Gasteiger partial charge in [-0.3, -0.25) is 4.79 Å². The predicted molar refractivity (Wildman–Crippen MR) is 112 cm³/mol. The zero-order valence-corrected chi connectivity index (χ0v) is 17.3. The van der Waals surface area contributed by atoms with Crippen molar-refractivity contribution >= 4 is 17.5 Å². The minimum Gasteiger partial charge on any atom is -0.539 e. The van der Waals surface area contributed by atoms with Crippen LogP contribution in [0.4, 0.5) is 0 Å². The van der Waals surface area contributed by atoms with Gasteiger partial charge in [-0.1, -0.05) is 77.1 Å². The van der Waals surface area contributed by atoms with E-state index in [1.54, 1.807) is 0 Å². The molecule has 0 bridgehead atoms. The summed E-state index contributed by atoms with van der Waals surface area (Å²) in [7, 11) is 1.46. The normalized spacial score (nSPS) is 10.6. The Bertz CT molecular complexity index is 1260. The van der Waals surface area contributed by atoms with E-state index in [2.05, 4.69) is 20.8 Å². The number of aryl methyl sites for hydroxylation is 1. The molecule has 0 saturated heterocycles. The first-order valence-electron chi connectivity index (χ1n) is 9.33. The van der Waals surface area contributed by atoms with E-state index in [0.29, 0.717) is 16.3 Å². The van der Waals surface area contributed by atoms with Crippen LogP contribution in [0.1, 0.15) is 16.1 Å². The molecule has 2 aromatic carbocycles. The number of ketones is 1. The quantitative estimate of drug-likeness (QED) is 0.264. The summed E-state index contributed by atoms with van der Waals surface area (Å²) in [6, 6.07) is 23.3. The zero-order valence-electron chi connectivity index (χ0n) is 16.5. The van der Waals surface area contributed by atoms with Gasteiger partial charge in [-0.2, -0.15) is 5.26 Å². The summed E-state index contributed by atoms with van der Waals surface area (Å²) in [5.41, 5.74) is 3.42. The Morgan fingerprint density at radius 1 is 1.13 bits per heavy atom. The summed E-state index contributed by atoms with van der Waals surface area (Å²) < 4.78 is 5.64. The second kappa shape index (κ2) is 8.81. The summed E-state index contributed by atoms with van der Waals surface area (Å²) in [6.45, 7) is 0. The summed E-state index contributed by atoms with van der Waals surface area (Å²) in [5, 5.41) is 25.5. The molecule has 2 aromatic heterocycles. The van der Waals surface area contributed by atoms with Crippen LogP contribution in [0, 0.1) is 11.3 Å². The summed E-state index contributed by atoms with van der Waals surface area (Å²) >= 11 is 1.11. The number of benzene rings is 2. The lowest BCUT2D eigenvalue weighted by Gasteiger charge is -2.12. The number of pyridine rings is 1. The molecule has 0 N–H and O–H groups in total. The van der Waals surface area contributed by atoms with E-state index in [1.165, 1.54) is 7.05 Å². The van der Waals surface area contributed by atoms with E-state index in [0.717, 1.165) is 33.1 Å². The Labute approximate surface area is 182 Å². The molecule has 0 aliphatic carbocycles. The van der Waals surface area contributed by atoms with E-state index in [1.807, 2.05) is 66.7 Å². The largest absolute Gasteiger partial charge is 0.539 e. The maximum absolute atomic E-state index is 12.6. The number of Topliss-reactive ketones (excluding diaryl/α,β-unsaturated/α-hetero) is 1. The fourth-order valence-electron chi connectivity index (χ4n) is 3.15. The van der Waals surface area contributed by atoms with E-state index in [4.69, 9.17) is 0 Å². The minimum absolute atomic E-state index is 0.0849. The number of carbonyl (C=O) groups is 1. The van der Waals surface area contributed by atoms with Gasteiger partial charge in [-0.25, -0.2) is 4.98 Å². The predicted octanol–water partition coefficient (Wildman–Crippen LogP) is 3.15. The van der Waals surface area contributed by atoms with Gasteiger partial charge in [0.1, 0.15) is 11.1 Å². The van der Waals surface area contributed by atoms with Crippen molar-refractivity contribution in [3.8, 4) is 34.4 Å². The van der Waals surface area contributed by atoms with Crippen molar-refractivity contribution in [3.63, 3.8) is 0 Å². The number of carbonyl (C=O) groups excluding carboxylic acids is 1. The highest BCUT2D eigenvalue weighted by molar-refractivity contribution is 8.00. The number of nitrogens with zero attached hydrogens (tertiary/aromatic N) is 4. The van der Waals surface area contributed by atoms with Gasteiger partial charge in [0.15, 0.2) is 13.0 Å². The molecule has 2 heterocycles. The van der Waals surface area contributed by atoms with E-state index in [-0.39, 0.29) is 11.4 Å². The van der Waals surface area contributed by atoms with Gasteiger partial charge in [-0.15, -0.1) is 0 Å². The van der Waals surface area contributed by atoms with Crippen LogP contribution in [0.3, 0.4) is 0 Å². The number of hydrogen-bond acceptors (Lipinski definition) is 7. The first-order chi connectivity index (χ1) is 15.1. The van der Waals surface area contributed by atoms with Gasteiger partial charge >= 0.3 is 0 Å². The molecular weight excluding hydrogens is 412 g/mol. The number of hydrogen-bond donors (Lipinski definition) is 0. The lowest BCUT2D eigenvalue weighted by Crippen LogP contribution is -2.37. The summed E-state index contributed by atoms with van der Waals surface area (Å²) in [5.74, 6) is -1.32. The van der Waals surface area contributed by atoms with Gasteiger partial charge in [0.2, 0.25) is 5.78 Å². The highest BCUT2D eigenvalue weighted by atomic mass is 32.2. The molecule has 0 atom stereocenters. The van der Waals surface area contributed by atoms with Crippen molar-refractivity contribution in [1.82, 2.24) is 10.3 Å². The molecule has 31 heavy (non-hydrogen) atoms. The third kappa shape index (κ3) is 4.17. The number of thioether (sulfide) groups is 1. The SMILES string of the molecule is C[n+]1noc([O-])c1C(=O)CSc1nc(-c2ccccc2)cc(-c2ccccc2)c1C#N. The van der Waals surface area contributed by atoms with E-state index in [9.17, 15) is 15.2 Å². The average molecular weight is 428 g/mol. The Morgan fingerprint density at radius 3 is 2.35 bits per heavy atom. The lowest BCUT2D eigenvalue weighted by atomic mass is 9.99. The van der Waals surface area contributed by atoms with Crippen molar-refractivity contribution in [2.45, 2.75) is 5.03 Å². The molecule has 0 radical (unpaired) electrons. The fourth-order valence-corrected chi connectivity index (χ4v) is 4.01. The van der Waals surface area contributed by atoms with Crippen LogP contribution in [-0.4, -0.2) is 21.8 Å². The van der Waals surface area contributed by atoms with Crippen LogP contribution >= 0.6 is 11.8 Å². The standard InChI is InChI=1S/C23H16N4O3S/c1-27-21(23(29)30-26-27)20(28)14-31-22-18(13-24)17(15-8-4-2-5-9-15)12-19(25-22)16-10-6-3-7-11-16/h2-12H,14H2,1H3. The molecule has 0 aliphatic heterocycles. The second-order valence-corrected chi connectivity index (χ2v) is 7.59. The highest BCUT2D eigenvalue weighted by Crippen LogP contribution is 2.34. The molecule has 0 saturated carbocycles. The van der Waals surface area contributed by atoms with Crippen molar-refractivity contribution in [2.75, 3.05) is 5.75 Å². The maximum Gasteiger partial charge on any atom is 0.300 e. The molecule has 0 aliphatic rings. The molecule has 7 nitrogen and oxygen atoms in total. The molecule has 0 spiro atoms. The van der Waals surface area contributed by atoms with Gasteiger partial charge in [0.05, 0.1) is 22.3 Å². The Morgan fingerprint density at radius 2 is 1.77 bits per heavy atom. The molecule has 152 valence electrons. The second-order valence-electron chi connectivity index (χ2n) is 6.62. The average Bonchev–Trinajstić information content (AvgIpc) is 3.15. The zero-order chi connectivity index (χ0) is 21.8. The first kappa shape index (κ1) is 20.3. The molecule has 4 aromatic rings. The third-order valence-electron chi connectivity index (χ3n) is 4.62. The Kier molecular flexibility index (Phi) is 5.78. The van der Waals surface area contributed by atoms with Crippen molar-refractivity contribution in [1.29, 1.82) is 5.26 Å². The number of aromatic nitrogens is 3. The van der Waals surface area contributed by atoms with E-state index < -0.39 is 11.7 Å². The van der Waals surface area contributed by atoms with Crippen LogP contribution in [0.2, 0.25) is 0 Å². The van der Waals surface area contributed by atoms with Crippen LogP contribution < -0.4 is 9.79 Å². The minimum atomic E-state index is -0.787. The monoisotopic (exact) mass is 428 g/mol. The number of nitriles is 1. The molecule has 0 unspecified atom stereocenters. The highest BCUT2D eigenvalue weighted by Gasteiger charge is 2.24. The van der Waals surface area contributed by atoms with Crippen LogP contribution in [0.25, 0.3) is 22.4 Å². The van der Waals surface area contributed by atoms with Crippen LogP contribution in [-0.2, 0) is 7.05 Å². The smallest absolute Gasteiger partial charge is 0.300 e. The molecule has 8 heteroatoms. The summed E-state index contributed by atoms with van der Waals surface area (Å²) in [6.07, 6.45) is 0. The van der Waals surface area contributed by atoms with Crippen molar-refractivity contribution < 1.29 is 19.1 Å². The Hall–Kier alpha value is -3.96. The fraction of sp³-hybridized carbons (Fsp3) is 0.0870.